The number of hydrogen-bond donors (Lipinski definition) is 3. The highest BCUT2D eigenvalue weighted by Gasteiger charge is 2.41. The first kappa shape index (κ1) is 17.9. The highest BCUT2D eigenvalue weighted by atomic mass is 79.9. The van der Waals surface area contributed by atoms with Gasteiger partial charge in [-0.3, -0.25) is 4.79 Å². The van der Waals surface area contributed by atoms with Gasteiger partial charge in [-0.25, -0.2) is 4.79 Å². The molecule has 0 unspecified atom stereocenters. The first-order valence-corrected chi connectivity index (χ1v) is 9.76. The molecule has 2 aromatic rings. The second kappa shape index (κ2) is 6.88. The standard InChI is InChI=1S/C20H21BrN4O2/c1-13-2-7-17-16(12-13)18(26)24-20(23-17)8-10-25(11-9-20)19(27)22-15-5-3-14(21)4-6-15/h2-7,12,23H,8-11H2,1H3,(H,22,27)(H,24,26). The van der Waals surface area contributed by atoms with E-state index in [9.17, 15) is 9.59 Å². The van der Waals surface area contributed by atoms with Crippen LogP contribution >= 0.6 is 15.9 Å². The van der Waals surface area contributed by atoms with Crippen LogP contribution in [0.2, 0.25) is 0 Å². The van der Waals surface area contributed by atoms with Crippen molar-refractivity contribution < 1.29 is 9.59 Å². The number of anilines is 2. The fourth-order valence-corrected chi connectivity index (χ4v) is 3.87. The molecule has 6 nitrogen and oxygen atoms in total. The van der Waals surface area contributed by atoms with Crippen molar-refractivity contribution in [3.8, 4) is 0 Å². The summed E-state index contributed by atoms with van der Waals surface area (Å²) in [6.07, 6.45) is 1.31. The van der Waals surface area contributed by atoms with E-state index in [4.69, 9.17) is 0 Å². The zero-order valence-electron chi connectivity index (χ0n) is 15.0. The van der Waals surface area contributed by atoms with Crippen LogP contribution in [0.1, 0.15) is 28.8 Å². The molecule has 7 heteroatoms. The molecule has 1 saturated heterocycles. The van der Waals surface area contributed by atoms with E-state index in [1.807, 2.05) is 49.4 Å². The molecule has 0 saturated carbocycles. The molecule has 1 fully saturated rings. The van der Waals surface area contributed by atoms with E-state index >= 15 is 0 Å². The maximum absolute atomic E-state index is 12.5. The molecule has 2 heterocycles. The van der Waals surface area contributed by atoms with Gasteiger partial charge in [-0.2, -0.15) is 0 Å². The number of hydrogen-bond acceptors (Lipinski definition) is 3. The molecule has 0 bridgehead atoms. The highest BCUT2D eigenvalue weighted by molar-refractivity contribution is 9.10. The van der Waals surface area contributed by atoms with Crippen LogP contribution in [-0.2, 0) is 0 Å². The summed E-state index contributed by atoms with van der Waals surface area (Å²) < 4.78 is 0.968. The topological polar surface area (TPSA) is 73.5 Å². The molecular formula is C20H21BrN4O2. The van der Waals surface area contributed by atoms with E-state index in [2.05, 4.69) is 31.9 Å². The predicted octanol–water partition coefficient (Wildman–Crippen LogP) is 3.94. The SMILES string of the molecule is Cc1ccc2c(c1)C(=O)NC1(CCN(C(=O)Nc3ccc(Br)cc3)CC1)N2. The Hall–Kier alpha value is -2.54. The Morgan fingerprint density at radius 3 is 2.52 bits per heavy atom. The molecule has 2 aromatic carbocycles. The van der Waals surface area contributed by atoms with Gasteiger partial charge in [-0.15, -0.1) is 0 Å². The molecule has 2 aliphatic heterocycles. The summed E-state index contributed by atoms with van der Waals surface area (Å²) >= 11 is 3.38. The molecule has 27 heavy (non-hydrogen) atoms. The molecule has 4 rings (SSSR count). The summed E-state index contributed by atoms with van der Waals surface area (Å²) in [6, 6.07) is 13.2. The number of carbonyl (C=O) groups is 2. The summed E-state index contributed by atoms with van der Waals surface area (Å²) in [5, 5.41) is 9.53. The second-order valence-electron chi connectivity index (χ2n) is 7.13. The molecule has 0 radical (unpaired) electrons. The Kier molecular flexibility index (Phi) is 4.55. The van der Waals surface area contributed by atoms with E-state index in [1.54, 1.807) is 4.90 Å². The number of piperidine rings is 1. The quantitative estimate of drug-likeness (QED) is 0.643. The summed E-state index contributed by atoms with van der Waals surface area (Å²) in [6.45, 7) is 3.11. The molecule has 3 amide bonds. The van der Waals surface area contributed by atoms with Crippen LogP contribution < -0.4 is 16.0 Å². The summed E-state index contributed by atoms with van der Waals surface area (Å²) in [5.41, 5.74) is 2.86. The third-order valence-electron chi connectivity index (χ3n) is 5.15. The highest BCUT2D eigenvalue weighted by Crippen LogP contribution is 2.32. The van der Waals surface area contributed by atoms with Gasteiger partial charge in [-0.05, 0) is 43.3 Å². The molecular weight excluding hydrogens is 408 g/mol. The minimum atomic E-state index is -0.492. The van der Waals surface area contributed by atoms with Crippen LogP contribution in [0.15, 0.2) is 46.9 Å². The normalized spacial score (nSPS) is 17.7. The van der Waals surface area contributed by atoms with Gasteiger partial charge in [0, 0.05) is 41.8 Å². The molecule has 2 aliphatic rings. The van der Waals surface area contributed by atoms with Crippen molar-refractivity contribution in [2.45, 2.75) is 25.4 Å². The van der Waals surface area contributed by atoms with Crippen LogP contribution in [0.3, 0.4) is 0 Å². The Bertz CT molecular complexity index is 889. The summed E-state index contributed by atoms with van der Waals surface area (Å²) in [4.78, 5) is 26.9. The number of fused-ring (bicyclic) bond motifs is 1. The Morgan fingerprint density at radius 2 is 1.81 bits per heavy atom. The van der Waals surface area contributed by atoms with E-state index < -0.39 is 5.66 Å². The van der Waals surface area contributed by atoms with Gasteiger partial charge >= 0.3 is 6.03 Å². The minimum absolute atomic E-state index is 0.0554. The monoisotopic (exact) mass is 428 g/mol. The van der Waals surface area contributed by atoms with Crippen LogP contribution in [0.5, 0.6) is 0 Å². The second-order valence-corrected chi connectivity index (χ2v) is 8.05. The predicted molar refractivity (Wildman–Crippen MR) is 109 cm³/mol. The molecule has 140 valence electrons. The van der Waals surface area contributed by atoms with Crippen molar-refractivity contribution in [1.82, 2.24) is 10.2 Å². The fraction of sp³-hybridized carbons (Fsp3) is 0.300. The minimum Gasteiger partial charge on any atom is -0.362 e. The average Bonchev–Trinajstić information content (AvgIpc) is 2.65. The number of carbonyl (C=O) groups excluding carboxylic acids is 2. The number of urea groups is 1. The van der Waals surface area contributed by atoms with Gasteiger partial charge in [0.05, 0.1) is 5.56 Å². The van der Waals surface area contributed by atoms with Gasteiger partial charge in [-0.1, -0.05) is 27.6 Å². The van der Waals surface area contributed by atoms with Crippen LogP contribution in [-0.4, -0.2) is 35.6 Å². The summed E-state index contributed by atoms with van der Waals surface area (Å²) in [7, 11) is 0. The lowest BCUT2D eigenvalue weighted by atomic mass is 9.92. The zero-order chi connectivity index (χ0) is 19.0. The zero-order valence-corrected chi connectivity index (χ0v) is 16.6. The number of halogens is 1. The van der Waals surface area contributed by atoms with Crippen molar-refractivity contribution >= 4 is 39.2 Å². The van der Waals surface area contributed by atoms with Crippen molar-refractivity contribution in [3.63, 3.8) is 0 Å². The lowest BCUT2D eigenvalue weighted by Gasteiger charge is -2.45. The number of nitrogens with zero attached hydrogens (tertiary/aromatic N) is 1. The van der Waals surface area contributed by atoms with Crippen molar-refractivity contribution in [3.05, 3.63) is 58.1 Å². The van der Waals surface area contributed by atoms with E-state index in [-0.39, 0.29) is 11.9 Å². The third kappa shape index (κ3) is 3.64. The molecule has 3 N–H and O–H groups in total. The van der Waals surface area contributed by atoms with Crippen molar-refractivity contribution in [2.24, 2.45) is 0 Å². The molecule has 0 atom stereocenters. The molecule has 0 aromatic heterocycles. The lowest BCUT2D eigenvalue weighted by molar-refractivity contribution is 0.0852. The number of nitrogens with one attached hydrogen (secondary N) is 3. The van der Waals surface area contributed by atoms with Gasteiger partial charge in [0.25, 0.3) is 5.91 Å². The molecule has 1 spiro atoms. The maximum Gasteiger partial charge on any atom is 0.321 e. The van der Waals surface area contributed by atoms with Crippen LogP contribution in [0, 0.1) is 6.92 Å². The van der Waals surface area contributed by atoms with Crippen LogP contribution in [0.4, 0.5) is 16.2 Å². The Morgan fingerprint density at radius 1 is 1.11 bits per heavy atom. The van der Waals surface area contributed by atoms with Gasteiger partial charge in [0.2, 0.25) is 0 Å². The van der Waals surface area contributed by atoms with E-state index in [1.165, 1.54) is 0 Å². The number of rotatable bonds is 1. The number of aryl methyl sites for hydroxylation is 1. The number of amides is 3. The summed E-state index contributed by atoms with van der Waals surface area (Å²) in [5.74, 6) is -0.0554. The van der Waals surface area contributed by atoms with Crippen LogP contribution in [0.25, 0.3) is 0 Å². The van der Waals surface area contributed by atoms with Crippen molar-refractivity contribution in [1.29, 1.82) is 0 Å². The van der Waals surface area contributed by atoms with Gasteiger partial charge in [0.1, 0.15) is 5.66 Å². The third-order valence-corrected chi connectivity index (χ3v) is 5.67. The lowest BCUT2D eigenvalue weighted by Crippen LogP contribution is -2.63. The maximum atomic E-state index is 12.5. The number of benzene rings is 2. The fourth-order valence-electron chi connectivity index (χ4n) is 3.61. The Balaban J connectivity index is 1.41. The van der Waals surface area contributed by atoms with Crippen molar-refractivity contribution in [2.75, 3.05) is 23.7 Å². The Labute approximate surface area is 166 Å². The van der Waals surface area contributed by atoms with E-state index in [0.29, 0.717) is 31.5 Å². The van der Waals surface area contributed by atoms with Gasteiger partial charge in [0.15, 0.2) is 0 Å². The van der Waals surface area contributed by atoms with Gasteiger partial charge < -0.3 is 20.9 Å². The number of likely N-dealkylation sites (tertiary alicyclic amines) is 1. The molecule has 0 aliphatic carbocycles. The largest absolute Gasteiger partial charge is 0.362 e. The first-order chi connectivity index (χ1) is 12.9. The van der Waals surface area contributed by atoms with E-state index in [0.717, 1.165) is 21.4 Å². The average molecular weight is 429 g/mol. The first-order valence-electron chi connectivity index (χ1n) is 8.97. The smallest absolute Gasteiger partial charge is 0.321 e.